The first-order chi connectivity index (χ1) is 10.1. The summed E-state index contributed by atoms with van der Waals surface area (Å²) in [5.74, 6) is 0.145. The number of pyridine rings is 1. The number of nitrogens with zero attached hydrogens (tertiary/aromatic N) is 1. The Bertz CT molecular complexity index is 555. The van der Waals surface area contributed by atoms with E-state index < -0.39 is 11.4 Å². The molecule has 0 bridgehead atoms. The third-order valence-corrected chi connectivity index (χ3v) is 4.41. The van der Waals surface area contributed by atoms with Gasteiger partial charge in [-0.3, -0.25) is 4.79 Å². The second-order valence-electron chi connectivity index (χ2n) is 4.80. The van der Waals surface area contributed by atoms with Crippen LogP contribution in [-0.4, -0.2) is 36.4 Å². The predicted octanol–water partition coefficient (Wildman–Crippen LogP) is 2.57. The molecule has 1 aromatic rings. The molecule has 1 aliphatic rings. The average Bonchev–Trinajstić information content (AvgIpc) is 3.28. The fourth-order valence-electron chi connectivity index (χ4n) is 2.26. The van der Waals surface area contributed by atoms with Crippen molar-refractivity contribution in [3.8, 4) is 0 Å². The lowest BCUT2D eigenvalue weighted by atomic mass is 9.98. The van der Waals surface area contributed by atoms with Gasteiger partial charge in [-0.2, -0.15) is 0 Å². The van der Waals surface area contributed by atoms with Gasteiger partial charge in [0.2, 0.25) is 0 Å². The number of hydrogen-bond donors (Lipinski definition) is 0. The lowest BCUT2D eigenvalue weighted by molar-refractivity contribution is -0.143. The maximum Gasteiger partial charge on any atom is 0.358 e. The molecule has 21 heavy (non-hydrogen) atoms. The van der Waals surface area contributed by atoms with E-state index in [1.807, 2.05) is 13.0 Å². The molecule has 0 atom stereocenters. The second kappa shape index (κ2) is 6.47. The van der Waals surface area contributed by atoms with E-state index in [-0.39, 0.29) is 5.97 Å². The predicted molar refractivity (Wildman–Crippen MR) is 79.5 cm³/mol. The molecule has 0 unspecified atom stereocenters. The van der Waals surface area contributed by atoms with E-state index in [0.717, 1.165) is 29.1 Å². The van der Waals surface area contributed by atoms with Gasteiger partial charge >= 0.3 is 11.9 Å². The fourth-order valence-corrected chi connectivity index (χ4v) is 3.05. The lowest BCUT2D eigenvalue weighted by Gasteiger charge is -2.15. The van der Waals surface area contributed by atoms with Crippen molar-refractivity contribution in [2.24, 2.45) is 0 Å². The number of carbonyl (C=O) groups is 2. The van der Waals surface area contributed by atoms with Gasteiger partial charge in [-0.15, -0.1) is 11.8 Å². The highest BCUT2D eigenvalue weighted by Crippen LogP contribution is 2.49. The minimum absolute atomic E-state index is 0.236. The Morgan fingerprint density at radius 1 is 1.38 bits per heavy atom. The van der Waals surface area contributed by atoms with Crippen LogP contribution in [0.15, 0.2) is 17.2 Å². The monoisotopic (exact) mass is 309 g/mol. The summed E-state index contributed by atoms with van der Waals surface area (Å²) in [7, 11) is 1.39. The van der Waals surface area contributed by atoms with E-state index in [0.29, 0.717) is 12.3 Å². The van der Waals surface area contributed by atoms with E-state index >= 15 is 0 Å². The molecule has 1 saturated carbocycles. The van der Waals surface area contributed by atoms with Crippen molar-refractivity contribution in [3.05, 3.63) is 23.5 Å². The van der Waals surface area contributed by atoms with Crippen LogP contribution >= 0.6 is 11.8 Å². The van der Waals surface area contributed by atoms with Crippen LogP contribution in [-0.2, 0) is 19.7 Å². The Balaban J connectivity index is 2.37. The number of ether oxygens (including phenoxy) is 2. The number of methoxy groups -OCH3 is 1. The van der Waals surface area contributed by atoms with Crippen LogP contribution in [0.4, 0.5) is 0 Å². The first-order valence-corrected chi connectivity index (χ1v) is 7.96. The summed E-state index contributed by atoms with van der Waals surface area (Å²) < 4.78 is 9.90. The zero-order chi connectivity index (χ0) is 15.5. The zero-order valence-electron chi connectivity index (χ0n) is 12.5. The smallest absolute Gasteiger partial charge is 0.358 e. The Morgan fingerprint density at radius 3 is 2.62 bits per heavy atom. The molecule has 5 nitrogen and oxygen atoms in total. The first-order valence-electron chi connectivity index (χ1n) is 6.98. The molecule has 0 amide bonds. The largest absolute Gasteiger partial charge is 0.468 e. The molecule has 0 aromatic carbocycles. The van der Waals surface area contributed by atoms with E-state index in [9.17, 15) is 9.59 Å². The van der Waals surface area contributed by atoms with Crippen molar-refractivity contribution in [1.82, 2.24) is 4.98 Å². The quantitative estimate of drug-likeness (QED) is 0.594. The third kappa shape index (κ3) is 3.05. The van der Waals surface area contributed by atoms with Crippen molar-refractivity contribution in [1.29, 1.82) is 0 Å². The summed E-state index contributed by atoms with van der Waals surface area (Å²) in [4.78, 5) is 28.8. The van der Waals surface area contributed by atoms with Crippen molar-refractivity contribution in [2.45, 2.75) is 37.0 Å². The molecule has 0 spiro atoms. The highest BCUT2D eigenvalue weighted by atomic mass is 32.2. The van der Waals surface area contributed by atoms with Crippen LogP contribution in [0.5, 0.6) is 0 Å². The minimum Gasteiger partial charge on any atom is -0.468 e. The van der Waals surface area contributed by atoms with Crippen LogP contribution < -0.4 is 0 Å². The number of aromatic nitrogens is 1. The second-order valence-corrected chi connectivity index (χ2v) is 6.10. The van der Waals surface area contributed by atoms with Gasteiger partial charge in [0.25, 0.3) is 0 Å². The molecular weight excluding hydrogens is 290 g/mol. The van der Waals surface area contributed by atoms with Gasteiger partial charge in [0.15, 0.2) is 5.69 Å². The normalized spacial score (nSPS) is 15.4. The molecule has 1 aromatic heterocycles. The minimum atomic E-state index is -0.571. The van der Waals surface area contributed by atoms with Crippen LogP contribution in [0, 0.1) is 0 Å². The van der Waals surface area contributed by atoms with Crippen LogP contribution in [0.3, 0.4) is 0 Å². The van der Waals surface area contributed by atoms with E-state index in [1.54, 1.807) is 13.1 Å². The van der Waals surface area contributed by atoms with Gasteiger partial charge in [-0.1, -0.05) is 6.92 Å². The SMILES string of the molecule is CCOC(=O)c1ncc(C2(C(=O)OC)CC2)cc1SCC. The maximum absolute atomic E-state index is 11.9. The molecule has 1 heterocycles. The van der Waals surface area contributed by atoms with Gasteiger partial charge in [0.1, 0.15) is 0 Å². The molecule has 114 valence electrons. The highest BCUT2D eigenvalue weighted by molar-refractivity contribution is 7.99. The molecule has 1 fully saturated rings. The van der Waals surface area contributed by atoms with Crippen molar-refractivity contribution >= 4 is 23.7 Å². The van der Waals surface area contributed by atoms with E-state index in [2.05, 4.69) is 4.98 Å². The van der Waals surface area contributed by atoms with Crippen LogP contribution in [0.1, 0.15) is 42.7 Å². The number of esters is 2. The average molecular weight is 309 g/mol. The summed E-state index contributed by atoms with van der Waals surface area (Å²) in [6.45, 7) is 4.07. The summed E-state index contributed by atoms with van der Waals surface area (Å²) in [5, 5.41) is 0. The summed E-state index contributed by atoms with van der Waals surface area (Å²) in [6.07, 6.45) is 3.11. The highest BCUT2D eigenvalue weighted by Gasteiger charge is 2.53. The molecule has 1 aliphatic carbocycles. The molecule has 0 radical (unpaired) electrons. The zero-order valence-corrected chi connectivity index (χ0v) is 13.3. The molecule has 0 aliphatic heterocycles. The number of carbonyl (C=O) groups excluding carboxylic acids is 2. The Labute approximate surface area is 128 Å². The van der Waals surface area contributed by atoms with Gasteiger partial charge < -0.3 is 9.47 Å². The number of thioether (sulfide) groups is 1. The van der Waals surface area contributed by atoms with Crippen molar-refractivity contribution in [2.75, 3.05) is 19.5 Å². The van der Waals surface area contributed by atoms with Gasteiger partial charge in [-0.25, -0.2) is 9.78 Å². The first kappa shape index (κ1) is 15.8. The Kier molecular flexibility index (Phi) is 4.88. The lowest BCUT2D eigenvalue weighted by Crippen LogP contribution is -2.22. The summed E-state index contributed by atoms with van der Waals surface area (Å²) in [5.41, 5.74) is 0.560. The number of rotatable bonds is 6. The molecule has 0 saturated heterocycles. The van der Waals surface area contributed by atoms with E-state index in [1.165, 1.54) is 18.9 Å². The third-order valence-electron chi connectivity index (χ3n) is 3.50. The van der Waals surface area contributed by atoms with E-state index in [4.69, 9.17) is 9.47 Å². The fraction of sp³-hybridized carbons (Fsp3) is 0.533. The molecule has 0 N–H and O–H groups in total. The topological polar surface area (TPSA) is 65.5 Å². The van der Waals surface area contributed by atoms with Crippen molar-refractivity contribution < 1.29 is 19.1 Å². The van der Waals surface area contributed by atoms with Gasteiger partial charge in [0, 0.05) is 11.1 Å². The standard InChI is InChI=1S/C15H19NO4S/c1-4-20-13(17)12-11(21-5-2)8-10(9-16-12)15(6-7-15)14(18)19-3/h8-9H,4-7H2,1-3H3. The Hall–Kier alpha value is -1.56. The molecule has 6 heteroatoms. The van der Waals surface area contributed by atoms with Gasteiger partial charge in [-0.05, 0) is 37.1 Å². The summed E-state index contributed by atoms with van der Waals surface area (Å²) >= 11 is 1.52. The molecule has 2 rings (SSSR count). The van der Waals surface area contributed by atoms with Gasteiger partial charge in [0.05, 0.1) is 19.1 Å². The van der Waals surface area contributed by atoms with Crippen LogP contribution in [0.2, 0.25) is 0 Å². The van der Waals surface area contributed by atoms with Crippen LogP contribution in [0.25, 0.3) is 0 Å². The Morgan fingerprint density at radius 2 is 2.10 bits per heavy atom. The number of hydrogen-bond acceptors (Lipinski definition) is 6. The molecular formula is C15H19NO4S. The summed E-state index contributed by atoms with van der Waals surface area (Å²) in [6, 6.07) is 1.87. The maximum atomic E-state index is 11.9. The van der Waals surface area contributed by atoms with Crippen molar-refractivity contribution in [3.63, 3.8) is 0 Å².